The minimum absolute atomic E-state index is 0.0476. The van der Waals surface area contributed by atoms with Crippen molar-refractivity contribution in [3.8, 4) is 0 Å². The number of carbonyl (C=O) groups excluding carboxylic acids is 2. The van der Waals surface area contributed by atoms with Crippen molar-refractivity contribution >= 4 is 50.5 Å². The van der Waals surface area contributed by atoms with Gasteiger partial charge in [0.15, 0.2) is 9.84 Å². The number of halogens is 2. The van der Waals surface area contributed by atoms with Crippen LogP contribution in [0.4, 0.5) is 5.69 Å². The first-order valence-corrected chi connectivity index (χ1v) is 17.5. The number of piperidine rings is 1. The second-order valence-electron chi connectivity index (χ2n) is 13.5. The summed E-state index contributed by atoms with van der Waals surface area (Å²) in [7, 11) is -3.59. The number of carbonyl (C=O) groups is 2. The Morgan fingerprint density at radius 2 is 1.61 bits per heavy atom. The van der Waals surface area contributed by atoms with Crippen LogP contribution < -0.4 is 5.32 Å². The van der Waals surface area contributed by atoms with Crippen molar-refractivity contribution in [3.63, 3.8) is 0 Å². The molecule has 3 aromatic carbocycles. The zero-order valence-electron chi connectivity index (χ0n) is 25.6. The van der Waals surface area contributed by atoms with Gasteiger partial charge in [0.25, 0.3) is 0 Å². The Hall–Kier alpha value is -2.87. The van der Waals surface area contributed by atoms with Crippen LogP contribution in [0.2, 0.25) is 10.0 Å². The highest BCUT2D eigenvalue weighted by Gasteiger charge is 2.55. The number of amides is 2. The Balaban J connectivity index is 1.65. The maximum atomic E-state index is 14.9. The molecule has 4 atom stereocenters. The topological polar surface area (TPSA) is 83.6 Å². The Morgan fingerprint density at radius 3 is 2.20 bits per heavy atom. The van der Waals surface area contributed by atoms with Gasteiger partial charge in [-0.1, -0.05) is 72.6 Å². The average Bonchev–Trinajstić information content (AvgIpc) is 3.79. The highest BCUT2D eigenvalue weighted by Crippen LogP contribution is 2.54. The molecule has 0 bridgehead atoms. The largest absolute Gasteiger partial charge is 0.330 e. The summed E-state index contributed by atoms with van der Waals surface area (Å²) >= 11 is 12.8. The van der Waals surface area contributed by atoms with Crippen LogP contribution in [0.15, 0.2) is 78.9 Å². The van der Waals surface area contributed by atoms with Gasteiger partial charge in [0, 0.05) is 34.1 Å². The maximum Gasteiger partial charge on any atom is 0.229 e. The van der Waals surface area contributed by atoms with E-state index < -0.39 is 32.1 Å². The van der Waals surface area contributed by atoms with Crippen molar-refractivity contribution in [2.75, 3.05) is 11.1 Å². The summed E-state index contributed by atoms with van der Waals surface area (Å²) in [6.07, 6.45) is 2.01. The molecule has 1 aliphatic heterocycles. The predicted molar refractivity (Wildman–Crippen MR) is 178 cm³/mol. The molecule has 1 N–H and O–H groups in total. The lowest BCUT2D eigenvalue weighted by molar-refractivity contribution is -0.156. The van der Waals surface area contributed by atoms with E-state index >= 15 is 0 Å². The van der Waals surface area contributed by atoms with Crippen LogP contribution in [0.5, 0.6) is 0 Å². The van der Waals surface area contributed by atoms with Gasteiger partial charge in [-0.05, 0) is 93.5 Å². The summed E-state index contributed by atoms with van der Waals surface area (Å²) in [6, 6.07) is 23.2. The summed E-state index contributed by atoms with van der Waals surface area (Å²) in [5.74, 6) is -0.843. The standard InChI is InChI=1S/C35H40Cl2N2O4S/c1-34(2,3)44(42,43)22-30(23-13-14-23)39-32(24-15-17-26(36)18-16-24)29(25-9-8-10-27(37)19-25)20-35(4,33(39)41)21-31(40)38-28-11-6-5-7-12-28/h5-12,15-19,23,29-30,32H,13-14,20-22H2,1-4H3,(H,38,40)/t29-,30?,32-,35-/m1/s1. The molecule has 0 spiro atoms. The third-order valence-electron chi connectivity index (χ3n) is 9.05. The lowest BCUT2D eigenvalue weighted by Crippen LogP contribution is -2.59. The SMILES string of the molecule is CC(C)(C)S(=O)(=O)CC(C1CC1)N1C(=O)[C@@](C)(CC(=O)Nc2ccccc2)C[C@H](c2cccc(Cl)c2)[C@H]1c1ccc(Cl)cc1. The first-order valence-electron chi connectivity index (χ1n) is 15.1. The number of benzene rings is 3. The Morgan fingerprint density at radius 1 is 0.955 bits per heavy atom. The fraction of sp³-hybridized carbons (Fsp3) is 0.429. The van der Waals surface area contributed by atoms with E-state index in [1.54, 1.807) is 45.0 Å². The second kappa shape index (κ2) is 12.5. The molecule has 6 nitrogen and oxygen atoms in total. The predicted octanol–water partition coefficient (Wildman–Crippen LogP) is 8.08. The van der Waals surface area contributed by atoms with Crippen molar-refractivity contribution in [1.29, 1.82) is 0 Å². The molecule has 1 saturated carbocycles. The van der Waals surface area contributed by atoms with Crippen LogP contribution in [-0.4, -0.2) is 41.7 Å². The first-order chi connectivity index (χ1) is 20.7. The molecule has 44 heavy (non-hydrogen) atoms. The number of nitrogens with zero attached hydrogens (tertiary/aromatic N) is 1. The van der Waals surface area contributed by atoms with E-state index in [1.807, 2.05) is 66.4 Å². The van der Waals surface area contributed by atoms with Gasteiger partial charge in [0.2, 0.25) is 11.8 Å². The Labute approximate surface area is 271 Å². The molecule has 2 fully saturated rings. The summed E-state index contributed by atoms with van der Waals surface area (Å²) in [6.45, 7) is 6.94. The van der Waals surface area contributed by atoms with Gasteiger partial charge in [0.1, 0.15) is 0 Å². The van der Waals surface area contributed by atoms with Gasteiger partial charge in [-0.15, -0.1) is 0 Å². The summed E-state index contributed by atoms with van der Waals surface area (Å²) in [4.78, 5) is 30.3. The number of sulfone groups is 1. The van der Waals surface area contributed by atoms with Crippen LogP contribution in [0.25, 0.3) is 0 Å². The monoisotopic (exact) mass is 654 g/mol. The van der Waals surface area contributed by atoms with Crippen molar-refractivity contribution in [2.24, 2.45) is 11.3 Å². The van der Waals surface area contributed by atoms with Gasteiger partial charge in [-0.25, -0.2) is 8.42 Å². The maximum absolute atomic E-state index is 14.9. The number of anilines is 1. The molecule has 2 amide bonds. The molecule has 1 unspecified atom stereocenters. The van der Waals surface area contributed by atoms with Gasteiger partial charge in [0.05, 0.1) is 22.0 Å². The Kier molecular flexibility index (Phi) is 9.23. The molecule has 1 saturated heterocycles. The third kappa shape index (κ3) is 7.00. The number of para-hydroxylation sites is 1. The molecule has 0 radical (unpaired) electrons. The Bertz CT molecular complexity index is 1620. The molecular formula is C35H40Cl2N2O4S. The molecule has 0 aromatic heterocycles. The average molecular weight is 656 g/mol. The normalized spacial score (nSPS) is 23.3. The molecule has 3 aromatic rings. The number of rotatable bonds is 9. The molecule has 9 heteroatoms. The molecular weight excluding hydrogens is 615 g/mol. The second-order valence-corrected chi connectivity index (χ2v) is 17.2. The van der Waals surface area contributed by atoms with E-state index in [4.69, 9.17) is 23.2 Å². The number of hydrogen-bond acceptors (Lipinski definition) is 4. The lowest BCUT2D eigenvalue weighted by atomic mass is 9.67. The van der Waals surface area contributed by atoms with Crippen molar-refractivity contribution in [2.45, 2.75) is 76.1 Å². The summed E-state index contributed by atoms with van der Waals surface area (Å²) in [5, 5.41) is 4.08. The van der Waals surface area contributed by atoms with E-state index in [0.717, 1.165) is 24.0 Å². The van der Waals surface area contributed by atoms with E-state index in [1.165, 1.54) is 0 Å². The van der Waals surface area contributed by atoms with E-state index in [-0.39, 0.29) is 35.8 Å². The number of hydrogen-bond donors (Lipinski definition) is 1. The van der Waals surface area contributed by atoms with Gasteiger partial charge < -0.3 is 10.2 Å². The molecule has 1 aliphatic carbocycles. The smallest absolute Gasteiger partial charge is 0.229 e. The first kappa shape index (κ1) is 32.5. The van der Waals surface area contributed by atoms with Crippen molar-refractivity contribution in [3.05, 3.63) is 100 Å². The zero-order valence-corrected chi connectivity index (χ0v) is 27.9. The van der Waals surface area contributed by atoms with Crippen LogP contribution >= 0.6 is 23.2 Å². The van der Waals surface area contributed by atoms with E-state index in [0.29, 0.717) is 22.2 Å². The number of likely N-dealkylation sites (tertiary alicyclic amines) is 1. The molecule has 1 heterocycles. The highest BCUT2D eigenvalue weighted by molar-refractivity contribution is 7.92. The van der Waals surface area contributed by atoms with Gasteiger partial charge in [-0.3, -0.25) is 9.59 Å². The molecule has 5 rings (SSSR count). The van der Waals surface area contributed by atoms with Gasteiger partial charge in [-0.2, -0.15) is 0 Å². The third-order valence-corrected chi connectivity index (χ3v) is 12.2. The fourth-order valence-electron chi connectivity index (χ4n) is 6.39. The summed E-state index contributed by atoms with van der Waals surface area (Å²) < 4.78 is 26.5. The van der Waals surface area contributed by atoms with Gasteiger partial charge >= 0.3 is 0 Å². The fourth-order valence-corrected chi connectivity index (χ4v) is 8.10. The van der Waals surface area contributed by atoms with Crippen LogP contribution in [0, 0.1) is 11.3 Å². The highest BCUT2D eigenvalue weighted by atomic mass is 35.5. The molecule has 2 aliphatic rings. The van der Waals surface area contributed by atoms with Crippen LogP contribution in [-0.2, 0) is 19.4 Å². The minimum atomic E-state index is -3.59. The summed E-state index contributed by atoms with van der Waals surface area (Å²) in [5.41, 5.74) is 1.34. The van der Waals surface area contributed by atoms with Crippen molar-refractivity contribution in [1.82, 2.24) is 4.90 Å². The van der Waals surface area contributed by atoms with E-state index in [9.17, 15) is 18.0 Å². The van der Waals surface area contributed by atoms with Crippen LogP contribution in [0.3, 0.4) is 0 Å². The quantitative estimate of drug-likeness (QED) is 0.253. The van der Waals surface area contributed by atoms with E-state index in [2.05, 4.69) is 5.32 Å². The number of nitrogens with one attached hydrogen (secondary N) is 1. The van der Waals surface area contributed by atoms with Crippen molar-refractivity contribution < 1.29 is 18.0 Å². The zero-order chi connectivity index (χ0) is 31.9. The molecule has 234 valence electrons. The van der Waals surface area contributed by atoms with Crippen LogP contribution in [0.1, 0.15) is 76.5 Å². The minimum Gasteiger partial charge on any atom is -0.330 e. The lowest BCUT2D eigenvalue weighted by Gasteiger charge is -2.52.